The van der Waals surface area contributed by atoms with E-state index in [1.54, 1.807) is 17.7 Å². The van der Waals surface area contributed by atoms with E-state index in [-0.39, 0.29) is 18.0 Å². The number of rotatable bonds is 4. The zero-order chi connectivity index (χ0) is 14.8. The topological polar surface area (TPSA) is 39.1 Å². The van der Waals surface area contributed by atoms with Crippen LogP contribution in [0.1, 0.15) is 5.82 Å². The van der Waals surface area contributed by atoms with Crippen molar-refractivity contribution < 1.29 is 17.9 Å². The van der Waals surface area contributed by atoms with Gasteiger partial charge in [-0.3, -0.25) is 0 Å². The van der Waals surface area contributed by atoms with Gasteiger partial charge in [-0.05, 0) is 12.1 Å². The molecule has 20 heavy (non-hydrogen) atoms. The Morgan fingerprint density at radius 1 is 1.35 bits per heavy atom. The smallest absolute Gasteiger partial charge is 0.404 e. The lowest BCUT2D eigenvalue weighted by Crippen LogP contribution is -2.18. The summed E-state index contributed by atoms with van der Waals surface area (Å²) >= 11 is 5.83. The van der Waals surface area contributed by atoms with Crippen molar-refractivity contribution in [2.24, 2.45) is 7.05 Å². The van der Waals surface area contributed by atoms with Crippen molar-refractivity contribution in [3.05, 3.63) is 41.4 Å². The van der Waals surface area contributed by atoms with Crippen molar-refractivity contribution in [3.63, 3.8) is 0 Å². The normalized spacial score (nSPS) is 11.4. The Kier molecular flexibility index (Phi) is 4.08. The molecule has 1 N–H and O–H groups in total. The van der Waals surface area contributed by atoms with Crippen molar-refractivity contribution >= 4 is 17.3 Å². The van der Waals surface area contributed by atoms with Gasteiger partial charge in [0.15, 0.2) is 5.75 Å². The number of nitrogens with one attached hydrogen (secondary N) is 1. The molecule has 0 saturated carbocycles. The van der Waals surface area contributed by atoms with Crippen LogP contribution in [0.15, 0.2) is 30.5 Å². The average molecular weight is 306 g/mol. The van der Waals surface area contributed by atoms with E-state index in [0.29, 0.717) is 11.0 Å². The first-order valence-corrected chi connectivity index (χ1v) is 5.99. The number of imidazole rings is 1. The standard InChI is InChI=1S/C12H11ClF3N3O/c1-19-10(13)6-18-11(19)7-17-8-4-2-3-5-9(8)20-12(14,15)16/h2-6,17H,7H2,1H3. The molecule has 1 aromatic heterocycles. The number of nitrogens with zero attached hydrogens (tertiary/aromatic N) is 2. The lowest BCUT2D eigenvalue weighted by molar-refractivity contribution is -0.274. The second-order valence-electron chi connectivity index (χ2n) is 3.95. The molecule has 0 aliphatic heterocycles. The number of aromatic nitrogens is 2. The Balaban J connectivity index is 2.12. The molecule has 0 bridgehead atoms. The van der Waals surface area contributed by atoms with Crippen LogP contribution < -0.4 is 10.1 Å². The Hall–Kier alpha value is -1.89. The first-order valence-electron chi connectivity index (χ1n) is 5.61. The summed E-state index contributed by atoms with van der Waals surface area (Å²) in [5.74, 6) is 0.303. The third-order valence-electron chi connectivity index (χ3n) is 2.58. The van der Waals surface area contributed by atoms with Crippen LogP contribution in [-0.4, -0.2) is 15.9 Å². The second kappa shape index (κ2) is 5.62. The predicted molar refractivity (Wildman–Crippen MR) is 68.7 cm³/mol. The van der Waals surface area contributed by atoms with E-state index in [0.717, 1.165) is 0 Å². The Labute approximate surface area is 118 Å². The first-order chi connectivity index (χ1) is 9.37. The highest BCUT2D eigenvalue weighted by molar-refractivity contribution is 6.29. The molecule has 0 atom stereocenters. The molecular weight excluding hydrogens is 295 g/mol. The molecular formula is C12H11ClF3N3O. The van der Waals surface area contributed by atoms with Gasteiger partial charge in [0.2, 0.25) is 0 Å². The fraction of sp³-hybridized carbons (Fsp3) is 0.250. The molecule has 0 aliphatic carbocycles. The molecule has 1 heterocycles. The molecule has 0 fully saturated rings. The minimum Gasteiger partial charge on any atom is -0.404 e. The van der Waals surface area contributed by atoms with Gasteiger partial charge in [-0.25, -0.2) is 4.98 Å². The molecule has 0 radical (unpaired) electrons. The minimum absolute atomic E-state index is 0.224. The van der Waals surface area contributed by atoms with Crippen LogP contribution in [0.3, 0.4) is 0 Å². The summed E-state index contributed by atoms with van der Waals surface area (Å²) in [5, 5.41) is 3.29. The average Bonchev–Trinajstić information content (AvgIpc) is 2.67. The summed E-state index contributed by atoms with van der Waals surface area (Å²) in [7, 11) is 1.71. The summed E-state index contributed by atoms with van der Waals surface area (Å²) in [6.45, 7) is 0.224. The van der Waals surface area contributed by atoms with Crippen molar-refractivity contribution in [2.75, 3.05) is 5.32 Å². The third kappa shape index (κ3) is 3.57. The van der Waals surface area contributed by atoms with Gasteiger partial charge >= 0.3 is 6.36 Å². The Morgan fingerprint density at radius 2 is 2.05 bits per heavy atom. The zero-order valence-corrected chi connectivity index (χ0v) is 11.2. The van der Waals surface area contributed by atoms with E-state index >= 15 is 0 Å². The van der Waals surface area contributed by atoms with Crippen molar-refractivity contribution in [3.8, 4) is 5.75 Å². The van der Waals surface area contributed by atoms with Gasteiger partial charge in [-0.15, -0.1) is 13.2 Å². The summed E-state index contributed by atoms with van der Waals surface area (Å²) < 4.78 is 42.4. The van der Waals surface area contributed by atoms with E-state index in [1.807, 2.05) is 0 Å². The lowest BCUT2D eigenvalue weighted by Gasteiger charge is -2.14. The highest BCUT2D eigenvalue weighted by Gasteiger charge is 2.32. The van der Waals surface area contributed by atoms with Gasteiger partial charge in [-0.1, -0.05) is 23.7 Å². The number of hydrogen-bond acceptors (Lipinski definition) is 3. The maximum Gasteiger partial charge on any atom is 0.573 e. The maximum absolute atomic E-state index is 12.3. The van der Waals surface area contributed by atoms with Crippen LogP contribution >= 0.6 is 11.6 Å². The maximum atomic E-state index is 12.3. The van der Waals surface area contributed by atoms with E-state index in [4.69, 9.17) is 11.6 Å². The number of ether oxygens (including phenoxy) is 1. The van der Waals surface area contributed by atoms with Crippen LogP contribution in [0.4, 0.5) is 18.9 Å². The van der Waals surface area contributed by atoms with Gasteiger partial charge < -0.3 is 14.6 Å². The fourth-order valence-corrected chi connectivity index (χ4v) is 1.74. The van der Waals surface area contributed by atoms with E-state index in [1.165, 1.54) is 24.4 Å². The van der Waals surface area contributed by atoms with Crippen LogP contribution in [0.5, 0.6) is 5.75 Å². The number of alkyl halides is 3. The number of anilines is 1. The minimum atomic E-state index is -4.73. The van der Waals surface area contributed by atoms with Crippen LogP contribution in [-0.2, 0) is 13.6 Å². The van der Waals surface area contributed by atoms with E-state index in [9.17, 15) is 13.2 Å². The molecule has 4 nitrogen and oxygen atoms in total. The predicted octanol–water partition coefficient (Wildman–Crippen LogP) is 3.58. The number of halogens is 4. The molecule has 2 aromatic rings. The lowest BCUT2D eigenvalue weighted by atomic mass is 10.3. The summed E-state index contributed by atoms with van der Waals surface area (Å²) in [6.07, 6.45) is -3.26. The molecule has 0 unspecified atom stereocenters. The molecule has 0 spiro atoms. The largest absolute Gasteiger partial charge is 0.573 e. The SMILES string of the molecule is Cn1c(Cl)cnc1CNc1ccccc1OC(F)(F)F. The molecule has 108 valence electrons. The fourth-order valence-electron chi connectivity index (χ4n) is 1.59. The highest BCUT2D eigenvalue weighted by atomic mass is 35.5. The number of para-hydroxylation sites is 2. The van der Waals surface area contributed by atoms with Crippen LogP contribution in [0.2, 0.25) is 5.15 Å². The third-order valence-corrected chi connectivity index (χ3v) is 2.93. The number of benzene rings is 1. The van der Waals surface area contributed by atoms with Crippen molar-refractivity contribution in [1.29, 1.82) is 0 Å². The molecule has 0 amide bonds. The summed E-state index contributed by atoms with van der Waals surface area (Å²) in [6, 6.07) is 5.80. The molecule has 8 heteroatoms. The van der Waals surface area contributed by atoms with Crippen LogP contribution in [0, 0.1) is 0 Å². The highest BCUT2D eigenvalue weighted by Crippen LogP contribution is 2.30. The summed E-state index contributed by atoms with van der Waals surface area (Å²) in [5.41, 5.74) is 0.226. The van der Waals surface area contributed by atoms with Gasteiger partial charge in [0.25, 0.3) is 0 Å². The monoisotopic (exact) mass is 305 g/mol. The number of hydrogen-bond donors (Lipinski definition) is 1. The molecule has 0 saturated heterocycles. The van der Waals surface area contributed by atoms with Crippen molar-refractivity contribution in [2.45, 2.75) is 12.9 Å². The van der Waals surface area contributed by atoms with Crippen LogP contribution in [0.25, 0.3) is 0 Å². The zero-order valence-electron chi connectivity index (χ0n) is 10.4. The molecule has 0 aliphatic rings. The second-order valence-corrected chi connectivity index (χ2v) is 4.34. The van der Waals surface area contributed by atoms with Gasteiger partial charge in [0.1, 0.15) is 11.0 Å². The quantitative estimate of drug-likeness (QED) is 0.938. The van der Waals surface area contributed by atoms with Gasteiger partial charge in [0.05, 0.1) is 18.4 Å². The van der Waals surface area contributed by atoms with E-state index < -0.39 is 6.36 Å². The Morgan fingerprint density at radius 3 is 2.65 bits per heavy atom. The van der Waals surface area contributed by atoms with E-state index in [2.05, 4.69) is 15.0 Å². The summed E-state index contributed by atoms with van der Waals surface area (Å²) in [4.78, 5) is 4.04. The van der Waals surface area contributed by atoms with Gasteiger partial charge in [-0.2, -0.15) is 0 Å². The Bertz CT molecular complexity index is 598. The van der Waals surface area contributed by atoms with Gasteiger partial charge in [0, 0.05) is 7.05 Å². The van der Waals surface area contributed by atoms with Crippen molar-refractivity contribution in [1.82, 2.24) is 9.55 Å². The molecule has 1 aromatic carbocycles. The molecule has 2 rings (SSSR count). The first kappa shape index (κ1) is 14.5.